The first-order valence-electron chi connectivity index (χ1n) is 8.30. The van der Waals surface area contributed by atoms with Crippen LogP contribution in [0.25, 0.3) is 26.9 Å². The van der Waals surface area contributed by atoms with Crippen molar-refractivity contribution < 1.29 is 5.11 Å². The number of aliphatic hydroxyl groups is 1. The first kappa shape index (κ1) is 16.1. The monoisotopic (exact) mass is 351 g/mol. The number of aliphatic hydroxyl groups excluding tert-OH is 1. The summed E-state index contributed by atoms with van der Waals surface area (Å²) in [5, 5.41) is 11.4. The Balaban J connectivity index is 2.00. The minimum Gasteiger partial charge on any atom is -0.393 e. The van der Waals surface area contributed by atoms with Crippen LogP contribution < -0.4 is 0 Å². The second kappa shape index (κ2) is 5.87. The molecule has 1 N–H and O–H groups in total. The minimum atomic E-state index is -0.223. The Kier molecular flexibility index (Phi) is 3.79. The van der Waals surface area contributed by atoms with Gasteiger partial charge in [0.1, 0.15) is 0 Å². The van der Waals surface area contributed by atoms with Crippen LogP contribution >= 0.6 is 11.6 Å². The van der Waals surface area contributed by atoms with E-state index in [-0.39, 0.29) is 12.1 Å². The molecule has 5 heteroatoms. The van der Waals surface area contributed by atoms with Gasteiger partial charge >= 0.3 is 0 Å². The van der Waals surface area contributed by atoms with Crippen molar-refractivity contribution in [3.8, 4) is 11.1 Å². The third-order valence-corrected chi connectivity index (χ3v) is 5.60. The molecule has 1 aromatic carbocycles. The van der Waals surface area contributed by atoms with Crippen LogP contribution in [0.1, 0.15) is 30.0 Å². The number of aromatic nitrogens is 2. The molecule has 1 saturated carbocycles. The number of nitrogens with zero attached hydrogens (tertiary/aromatic N) is 3. The number of rotatable bonds is 2. The fourth-order valence-electron chi connectivity index (χ4n) is 3.55. The van der Waals surface area contributed by atoms with Crippen molar-refractivity contribution in [1.29, 1.82) is 0 Å². The third kappa shape index (κ3) is 2.52. The molecule has 0 aliphatic heterocycles. The molecule has 4 nitrogen and oxygen atoms in total. The van der Waals surface area contributed by atoms with Crippen LogP contribution in [0.2, 0.25) is 5.02 Å². The fourth-order valence-corrected chi connectivity index (χ4v) is 3.75. The quantitative estimate of drug-likeness (QED) is 0.643. The van der Waals surface area contributed by atoms with Gasteiger partial charge in [0.05, 0.1) is 17.7 Å². The molecule has 0 amide bonds. The zero-order chi connectivity index (χ0) is 17.7. The van der Waals surface area contributed by atoms with Crippen molar-refractivity contribution in [2.75, 3.05) is 0 Å². The van der Waals surface area contributed by atoms with Crippen LogP contribution in [0.4, 0.5) is 5.69 Å². The highest BCUT2D eigenvalue weighted by atomic mass is 35.5. The van der Waals surface area contributed by atoms with Crippen LogP contribution in [-0.4, -0.2) is 20.8 Å². The van der Waals surface area contributed by atoms with Gasteiger partial charge in [0, 0.05) is 41.3 Å². The molecule has 1 aliphatic carbocycles. The Bertz CT molecular complexity index is 1030. The maximum absolute atomic E-state index is 9.71. The van der Waals surface area contributed by atoms with E-state index < -0.39 is 0 Å². The molecule has 126 valence electrons. The normalized spacial score (nSPS) is 19.6. The van der Waals surface area contributed by atoms with Gasteiger partial charge < -0.3 is 9.67 Å². The van der Waals surface area contributed by atoms with Gasteiger partial charge in [-0.1, -0.05) is 11.6 Å². The highest BCUT2D eigenvalue weighted by molar-refractivity contribution is 6.34. The molecule has 3 aromatic rings. The van der Waals surface area contributed by atoms with Gasteiger partial charge in [0.15, 0.2) is 5.69 Å². The minimum absolute atomic E-state index is 0.223. The predicted octanol–water partition coefficient (Wildman–Crippen LogP) is 5.22. The van der Waals surface area contributed by atoms with Crippen molar-refractivity contribution in [3.63, 3.8) is 0 Å². The van der Waals surface area contributed by atoms with Crippen LogP contribution in [0.3, 0.4) is 0 Å². The number of hydrogen-bond donors (Lipinski definition) is 1. The predicted molar refractivity (Wildman–Crippen MR) is 100 cm³/mol. The van der Waals surface area contributed by atoms with Gasteiger partial charge in [-0.05, 0) is 55.3 Å². The summed E-state index contributed by atoms with van der Waals surface area (Å²) in [6, 6.07) is 4.28. The number of halogens is 1. The van der Waals surface area contributed by atoms with E-state index in [4.69, 9.17) is 18.2 Å². The van der Waals surface area contributed by atoms with Gasteiger partial charge in [-0.3, -0.25) is 4.98 Å². The Morgan fingerprint density at radius 2 is 1.96 bits per heavy atom. The van der Waals surface area contributed by atoms with Gasteiger partial charge in [-0.2, -0.15) is 0 Å². The van der Waals surface area contributed by atoms with Gasteiger partial charge in [-0.15, -0.1) is 0 Å². The summed E-state index contributed by atoms with van der Waals surface area (Å²) in [6.45, 7) is 11.3. The molecular formula is C20H18ClN3O. The summed E-state index contributed by atoms with van der Waals surface area (Å²) in [5.74, 6) is 0. The number of aryl methyl sites for hydroxylation is 2. The van der Waals surface area contributed by atoms with E-state index in [1.165, 1.54) is 0 Å². The van der Waals surface area contributed by atoms with E-state index in [0.717, 1.165) is 46.0 Å². The van der Waals surface area contributed by atoms with E-state index in [1.807, 2.05) is 19.9 Å². The van der Waals surface area contributed by atoms with Gasteiger partial charge in [-0.25, -0.2) is 4.85 Å². The van der Waals surface area contributed by atoms with E-state index in [1.54, 1.807) is 12.4 Å². The first-order chi connectivity index (χ1) is 12.0. The van der Waals surface area contributed by atoms with Crippen molar-refractivity contribution in [2.24, 2.45) is 0 Å². The van der Waals surface area contributed by atoms with Crippen LogP contribution in [0, 0.1) is 20.4 Å². The number of hydrogen-bond acceptors (Lipinski definition) is 2. The number of benzene rings is 1. The molecule has 1 aliphatic rings. The Morgan fingerprint density at radius 3 is 2.64 bits per heavy atom. The Hall–Kier alpha value is -2.35. The average Bonchev–Trinajstić information content (AvgIpc) is 2.91. The third-order valence-electron chi connectivity index (χ3n) is 5.10. The molecule has 0 spiro atoms. The lowest BCUT2D eigenvalue weighted by Gasteiger charge is -2.33. The summed E-state index contributed by atoms with van der Waals surface area (Å²) in [5.41, 5.74) is 5.48. The molecule has 25 heavy (non-hydrogen) atoms. The summed E-state index contributed by atoms with van der Waals surface area (Å²) in [7, 11) is 0. The summed E-state index contributed by atoms with van der Waals surface area (Å²) in [4.78, 5) is 7.94. The Morgan fingerprint density at radius 1 is 1.20 bits per heavy atom. The smallest absolute Gasteiger partial charge is 0.190 e. The standard InChI is InChI=1S/C20H18ClN3O/c1-11-4-19-15(7-18(11)22-3)17(10-24(19)13-5-14(25)6-13)16-9-23-8-12(2)20(16)21/h4,7-10,13-14,25H,5-6H2,1-2H3. The zero-order valence-electron chi connectivity index (χ0n) is 14.1. The summed E-state index contributed by atoms with van der Waals surface area (Å²) < 4.78 is 2.22. The van der Waals surface area contributed by atoms with E-state index in [0.29, 0.717) is 10.7 Å². The SMILES string of the molecule is [C-]#[N+]c1cc2c(-c3cncc(C)c3Cl)cn(C3CC(O)C3)c2cc1C. The van der Waals surface area contributed by atoms with E-state index in [2.05, 4.69) is 26.7 Å². The highest BCUT2D eigenvalue weighted by Crippen LogP contribution is 2.42. The second-order valence-corrected chi connectivity index (χ2v) is 7.19. The topological polar surface area (TPSA) is 42.4 Å². The van der Waals surface area contributed by atoms with E-state index >= 15 is 0 Å². The molecule has 2 aromatic heterocycles. The van der Waals surface area contributed by atoms with Crippen LogP contribution in [0.15, 0.2) is 30.7 Å². The van der Waals surface area contributed by atoms with Gasteiger partial charge in [0.2, 0.25) is 0 Å². The molecule has 4 rings (SSSR count). The second-order valence-electron chi connectivity index (χ2n) is 6.81. The van der Waals surface area contributed by atoms with Crippen molar-refractivity contribution in [1.82, 2.24) is 9.55 Å². The first-order valence-corrected chi connectivity index (χ1v) is 8.68. The molecule has 2 heterocycles. The Labute approximate surface area is 151 Å². The molecule has 0 saturated heterocycles. The maximum atomic E-state index is 9.71. The largest absolute Gasteiger partial charge is 0.393 e. The van der Waals surface area contributed by atoms with Crippen molar-refractivity contribution in [3.05, 3.63) is 58.3 Å². The summed E-state index contributed by atoms with van der Waals surface area (Å²) in [6.07, 6.45) is 6.91. The van der Waals surface area contributed by atoms with E-state index in [9.17, 15) is 5.11 Å². The number of fused-ring (bicyclic) bond motifs is 1. The highest BCUT2D eigenvalue weighted by Gasteiger charge is 2.30. The zero-order valence-corrected chi connectivity index (χ0v) is 14.9. The molecule has 0 unspecified atom stereocenters. The molecule has 0 radical (unpaired) electrons. The lowest BCUT2D eigenvalue weighted by atomic mass is 9.89. The molecule has 0 atom stereocenters. The van der Waals surface area contributed by atoms with Crippen molar-refractivity contribution >= 4 is 28.2 Å². The number of pyridine rings is 1. The average molecular weight is 352 g/mol. The lowest BCUT2D eigenvalue weighted by molar-refractivity contribution is 0.0504. The molecular weight excluding hydrogens is 334 g/mol. The fraction of sp³-hybridized carbons (Fsp3) is 0.300. The van der Waals surface area contributed by atoms with Gasteiger partial charge in [0.25, 0.3) is 0 Å². The van der Waals surface area contributed by atoms with Crippen molar-refractivity contribution in [2.45, 2.75) is 38.8 Å². The lowest BCUT2D eigenvalue weighted by Crippen LogP contribution is -2.30. The van der Waals surface area contributed by atoms with Crippen LogP contribution in [0.5, 0.6) is 0 Å². The molecule has 0 bridgehead atoms. The van der Waals surface area contributed by atoms with Crippen LogP contribution in [-0.2, 0) is 0 Å². The molecule has 1 fully saturated rings. The summed E-state index contributed by atoms with van der Waals surface area (Å²) >= 11 is 6.54. The maximum Gasteiger partial charge on any atom is 0.190 e.